The molecule has 2 aliphatic heterocycles. The molecule has 1 aromatic rings. The molecule has 0 amide bonds. The van der Waals surface area contributed by atoms with Gasteiger partial charge in [0.05, 0.1) is 12.7 Å². The van der Waals surface area contributed by atoms with Crippen molar-refractivity contribution in [2.45, 2.75) is 44.4 Å². The van der Waals surface area contributed by atoms with Gasteiger partial charge in [0.2, 0.25) is 0 Å². The van der Waals surface area contributed by atoms with Gasteiger partial charge in [-0.15, -0.1) is 0 Å². The van der Waals surface area contributed by atoms with Crippen molar-refractivity contribution in [2.24, 2.45) is 0 Å². The first kappa shape index (κ1) is 14.1. The number of ether oxygens (including phenoxy) is 1. The Balaban J connectivity index is 1.57. The van der Waals surface area contributed by atoms with Gasteiger partial charge in [-0.1, -0.05) is 24.3 Å². The first-order chi connectivity index (χ1) is 9.74. The Morgan fingerprint density at radius 3 is 3.05 bits per heavy atom. The summed E-state index contributed by atoms with van der Waals surface area (Å²) >= 11 is 0. The van der Waals surface area contributed by atoms with Crippen LogP contribution in [0.3, 0.4) is 0 Å². The Labute approximate surface area is 122 Å². The van der Waals surface area contributed by atoms with Crippen LogP contribution in [0.2, 0.25) is 0 Å². The summed E-state index contributed by atoms with van der Waals surface area (Å²) in [6, 6.07) is 10.0. The first-order valence-electron chi connectivity index (χ1n) is 7.87. The normalized spacial score (nSPS) is 31.0. The minimum absolute atomic E-state index is 0.231. The summed E-state index contributed by atoms with van der Waals surface area (Å²) in [5, 5.41) is 3.73. The van der Waals surface area contributed by atoms with Crippen LogP contribution in [0.1, 0.15) is 37.0 Å². The van der Waals surface area contributed by atoms with Gasteiger partial charge in [-0.25, -0.2) is 0 Å². The molecule has 0 bridgehead atoms. The highest BCUT2D eigenvalue weighted by Gasteiger charge is 2.25. The second-order valence-corrected chi connectivity index (χ2v) is 6.27. The lowest BCUT2D eigenvalue weighted by Gasteiger charge is -2.36. The van der Waals surface area contributed by atoms with Crippen molar-refractivity contribution in [3.05, 3.63) is 35.4 Å². The van der Waals surface area contributed by atoms with Gasteiger partial charge in [0.1, 0.15) is 0 Å². The van der Waals surface area contributed by atoms with Crippen LogP contribution in [-0.2, 0) is 11.2 Å². The number of piperidine rings is 1. The fraction of sp³-hybridized carbons (Fsp3) is 0.647. The van der Waals surface area contributed by atoms with Crippen LogP contribution < -0.4 is 5.32 Å². The van der Waals surface area contributed by atoms with Gasteiger partial charge in [-0.05, 0) is 50.9 Å². The third-order valence-electron chi connectivity index (χ3n) is 4.89. The fourth-order valence-corrected chi connectivity index (χ4v) is 3.39. The molecule has 0 spiro atoms. The van der Waals surface area contributed by atoms with Crippen LogP contribution in [0.4, 0.5) is 0 Å². The molecular weight excluding hydrogens is 248 g/mol. The second-order valence-electron chi connectivity index (χ2n) is 6.27. The van der Waals surface area contributed by atoms with Crippen molar-refractivity contribution in [1.29, 1.82) is 0 Å². The Bertz CT molecular complexity index is 448. The van der Waals surface area contributed by atoms with Gasteiger partial charge in [-0.2, -0.15) is 0 Å². The number of fused-ring (bicyclic) bond motifs is 1. The van der Waals surface area contributed by atoms with Crippen molar-refractivity contribution in [3.8, 4) is 0 Å². The molecule has 3 atom stereocenters. The number of likely N-dealkylation sites (tertiary alicyclic amines) is 1. The maximum Gasteiger partial charge on any atom is 0.0952 e. The predicted octanol–water partition coefficient (Wildman–Crippen LogP) is 2.37. The quantitative estimate of drug-likeness (QED) is 0.916. The number of nitrogens with zero attached hydrogens (tertiary/aromatic N) is 1. The lowest BCUT2D eigenvalue weighted by atomic mass is 9.96. The maximum atomic E-state index is 5.97. The maximum absolute atomic E-state index is 5.97. The number of rotatable bonds is 3. The molecule has 0 radical (unpaired) electrons. The molecule has 2 aliphatic rings. The molecule has 1 fully saturated rings. The minimum atomic E-state index is 0.231. The highest BCUT2D eigenvalue weighted by molar-refractivity contribution is 5.31. The Kier molecular flexibility index (Phi) is 4.39. The molecular formula is C17H26N2O. The van der Waals surface area contributed by atoms with Crippen LogP contribution in [0.15, 0.2) is 24.3 Å². The standard InChI is InChI=1S/C17H26N2O/c1-13-11-15(7-9-19(13)2)18-12-17-16-6-4-3-5-14(16)8-10-20-17/h3-6,13,15,17-18H,7-12H2,1-2H3. The molecule has 3 rings (SSSR count). The summed E-state index contributed by atoms with van der Waals surface area (Å²) in [4.78, 5) is 2.45. The molecule has 3 unspecified atom stereocenters. The van der Waals surface area contributed by atoms with E-state index in [4.69, 9.17) is 4.74 Å². The fourth-order valence-electron chi connectivity index (χ4n) is 3.39. The zero-order chi connectivity index (χ0) is 13.9. The zero-order valence-corrected chi connectivity index (χ0v) is 12.6. The summed E-state index contributed by atoms with van der Waals surface area (Å²) < 4.78 is 5.97. The summed E-state index contributed by atoms with van der Waals surface area (Å²) in [6.07, 6.45) is 3.77. The average Bonchev–Trinajstić information content (AvgIpc) is 2.48. The Hall–Kier alpha value is -0.900. The third kappa shape index (κ3) is 3.05. The largest absolute Gasteiger partial charge is 0.372 e. The molecule has 20 heavy (non-hydrogen) atoms. The highest BCUT2D eigenvalue weighted by atomic mass is 16.5. The molecule has 2 heterocycles. The van der Waals surface area contributed by atoms with Crippen molar-refractivity contribution >= 4 is 0 Å². The monoisotopic (exact) mass is 274 g/mol. The van der Waals surface area contributed by atoms with E-state index in [1.54, 1.807) is 0 Å². The van der Waals surface area contributed by atoms with Gasteiger partial charge >= 0.3 is 0 Å². The van der Waals surface area contributed by atoms with E-state index in [1.807, 2.05) is 0 Å². The van der Waals surface area contributed by atoms with E-state index in [0.717, 1.165) is 19.6 Å². The minimum Gasteiger partial charge on any atom is -0.372 e. The van der Waals surface area contributed by atoms with Gasteiger partial charge in [0.15, 0.2) is 0 Å². The van der Waals surface area contributed by atoms with E-state index in [-0.39, 0.29) is 6.10 Å². The van der Waals surface area contributed by atoms with Crippen LogP contribution in [0.5, 0.6) is 0 Å². The molecule has 110 valence electrons. The molecule has 1 aromatic carbocycles. The molecule has 3 heteroatoms. The summed E-state index contributed by atoms with van der Waals surface area (Å²) in [6.45, 7) is 5.31. The first-order valence-corrected chi connectivity index (χ1v) is 7.87. The predicted molar refractivity (Wildman–Crippen MR) is 82.0 cm³/mol. The highest BCUT2D eigenvalue weighted by Crippen LogP contribution is 2.26. The van der Waals surface area contributed by atoms with Crippen molar-refractivity contribution < 1.29 is 4.74 Å². The van der Waals surface area contributed by atoms with E-state index >= 15 is 0 Å². The van der Waals surface area contributed by atoms with E-state index < -0.39 is 0 Å². The smallest absolute Gasteiger partial charge is 0.0952 e. The van der Waals surface area contributed by atoms with Crippen LogP contribution in [0.25, 0.3) is 0 Å². The third-order valence-corrected chi connectivity index (χ3v) is 4.89. The lowest BCUT2D eigenvalue weighted by Crippen LogP contribution is -2.46. The van der Waals surface area contributed by atoms with Crippen molar-refractivity contribution in [3.63, 3.8) is 0 Å². The van der Waals surface area contributed by atoms with E-state index in [0.29, 0.717) is 12.1 Å². The summed E-state index contributed by atoms with van der Waals surface area (Å²) in [5.41, 5.74) is 2.84. The Morgan fingerprint density at radius 1 is 1.35 bits per heavy atom. The van der Waals surface area contributed by atoms with E-state index in [2.05, 4.69) is 48.5 Å². The topological polar surface area (TPSA) is 24.5 Å². The van der Waals surface area contributed by atoms with Crippen LogP contribution in [0, 0.1) is 0 Å². The van der Waals surface area contributed by atoms with E-state index in [1.165, 1.54) is 30.5 Å². The van der Waals surface area contributed by atoms with Gasteiger partial charge in [0, 0.05) is 18.6 Å². The number of hydrogen-bond acceptors (Lipinski definition) is 3. The van der Waals surface area contributed by atoms with Gasteiger partial charge < -0.3 is 15.0 Å². The number of benzene rings is 1. The number of hydrogen-bond donors (Lipinski definition) is 1. The van der Waals surface area contributed by atoms with Crippen LogP contribution >= 0.6 is 0 Å². The van der Waals surface area contributed by atoms with Crippen molar-refractivity contribution in [1.82, 2.24) is 10.2 Å². The SMILES string of the molecule is CC1CC(NCC2OCCc3ccccc32)CCN1C. The molecule has 1 saturated heterocycles. The average molecular weight is 274 g/mol. The number of nitrogens with one attached hydrogen (secondary N) is 1. The lowest BCUT2D eigenvalue weighted by molar-refractivity contribution is 0.0377. The van der Waals surface area contributed by atoms with Crippen LogP contribution in [-0.4, -0.2) is 43.7 Å². The molecule has 0 aromatic heterocycles. The summed E-state index contributed by atoms with van der Waals surface area (Å²) in [5.74, 6) is 0. The van der Waals surface area contributed by atoms with E-state index in [9.17, 15) is 0 Å². The van der Waals surface area contributed by atoms with Gasteiger partial charge in [0.25, 0.3) is 0 Å². The van der Waals surface area contributed by atoms with Gasteiger partial charge in [-0.3, -0.25) is 0 Å². The molecule has 1 N–H and O–H groups in total. The molecule has 0 aliphatic carbocycles. The second kappa shape index (κ2) is 6.25. The summed E-state index contributed by atoms with van der Waals surface area (Å²) in [7, 11) is 2.22. The molecule has 0 saturated carbocycles. The zero-order valence-electron chi connectivity index (χ0n) is 12.6. The Morgan fingerprint density at radius 2 is 2.20 bits per heavy atom. The molecule has 3 nitrogen and oxygen atoms in total. The van der Waals surface area contributed by atoms with Crippen molar-refractivity contribution in [2.75, 3.05) is 26.7 Å².